The molecule has 0 bridgehead atoms. The summed E-state index contributed by atoms with van der Waals surface area (Å²) in [5.41, 5.74) is 0.383. The summed E-state index contributed by atoms with van der Waals surface area (Å²) in [4.78, 5) is 14.6. The van der Waals surface area contributed by atoms with Crippen LogP contribution in [-0.2, 0) is 10.0 Å². The molecule has 0 aliphatic carbocycles. The number of para-hydroxylation sites is 1. The molecule has 1 aromatic heterocycles. The number of fused-ring (bicyclic) bond motifs is 1. The Balaban J connectivity index is 2.23. The summed E-state index contributed by atoms with van der Waals surface area (Å²) in [5, 5.41) is 11.3. The number of nitro benzene ring substituents is 1. The lowest BCUT2D eigenvalue weighted by molar-refractivity contribution is -0.383. The van der Waals surface area contributed by atoms with E-state index in [9.17, 15) is 18.5 Å². The van der Waals surface area contributed by atoms with E-state index in [1.54, 1.807) is 30.3 Å². The van der Waals surface area contributed by atoms with E-state index in [1.165, 1.54) is 37.5 Å². The first-order chi connectivity index (χ1) is 11.4. The lowest BCUT2D eigenvalue weighted by Crippen LogP contribution is -2.26. The quantitative estimate of drug-likeness (QED) is 0.536. The number of hydrogen-bond acceptors (Lipinski definition) is 5. The second-order valence-corrected chi connectivity index (χ2v) is 6.99. The lowest BCUT2D eigenvalue weighted by Gasteiger charge is -2.20. The molecular formula is C16H13N3O4S. The van der Waals surface area contributed by atoms with Crippen molar-refractivity contribution in [3.8, 4) is 0 Å². The summed E-state index contributed by atoms with van der Waals surface area (Å²) in [5.74, 6) is 0. The largest absolute Gasteiger partial charge is 0.278 e. The van der Waals surface area contributed by atoms with Gasteiger partial charge in [-0.05, 0) is 30.3 Å². The van der Waals surface area contributed by atoms with Crippen molar-refractivity contribution in [2.24, 2.45) is 0 Å². The summed E-state index contributed by atoms with van der Waals surface area (Å²) in [7, 11) is -2.48. The Morgan fingerprint density at radius 1 is 1.04 bits per heavy atom. The van der Waals surface area contributed by atoms with E-state index < -0.39 is 14.9 Å². The van der Waals surface area contributed by atoms with Crippen molar-refractivity contribution in [3.63, 3.8) is 0 Å². The molecule has 1 heterocycles. The van der Waals surface area contributed by atoms with Crippen molar-refractivity contribution in [2.75, 3.05) is 11.4 Å². The van der Waals surface area contributed by atoms with Crippen molar-refractivity contribution in [3.05, 3.63) is 70.9 Å². The van der Waals surface area contributed by atoms with Crippen LogP contribution in [0.15, 0.2) is 65.7 Å². The van der Waals surface area contributed by atoms with Gasteiger partial charge in [0.1, 0.15) is 4.90 Å². The lowest BCUT2D eigenvalue weighted by atomic mass is 10.2. The fourth-order valence-corrected chi connectivity index (χ4v) is 3.76. The molecule has 24 heavy (non-hydrogen) atoms. The highest BCUT2D eigenvalue weighted by Crippen LogP contribution is 2.31. The van der Waals surface area contributed by atoms with Gasteiger partial charge in [-0.3, -0.25) is 19.4 Å². The van der Waals surface area contributed by atoms with Crippen molar-refractivity contribution in [1.82, 2.24) is 4.98 Å². The number of anilines is 1. The minimum atomic E-state index is -3.91. The molecule has 0 radical (unpaired) electrons. The van der Waals surface area contributed by atoms with Gasteiger partial charge in [0.25, 0.3) is 15.7 Å². The Hall–Kier alpha value is -3.00. The van der Waals surface area contributed by atoms with Gasteiger partial charge >= 0.3 is 0 Å². The van der Waals surface area contributed by atoms with E-state index in [0.29, 0.717) is 5.69 Å². The molecule has 2 aromatic carbocycles. The third-order valence-corrected chi connectivity index (χ3v) is 5.48. The van der Waals surface area contributed by atoms with Gasteiger partial charge in [0.05, 0.1) is 21.5 Å². The van der Waals surface area contributed by atoms with Crippen LogP contribution in [0.5, 0.6) is 0 Å². The third-order valence-electron chi connectivity index (χ3n) is 3.66. The first kappa shape index (κ1) is 15.9. The van der Waals surface area contributed by atoms with Crippen LogP contribution in [0.1, 0.15) is 0 Å². The SMILES string of the molecule is CN(c1ccccc1)S(=O)(=O)c1ccc([N+](=O)[O-])c2cccnc12. The molecule has 122 valence electrons. The highest BCUT2D eigenvalue weighted by atomic mass is 32.2. The molecule has 0 saturated carbocycles. The van der Waals surface area contributed by atoms with Gasteiger partial charge in [-0.15, -0.1) is 0 Å². The average Bonchev–Trinajstić information content (AvgIpc) is 2.60. The number of non-ortho nitro benzene ring substituents is 1. The molecule has 0 saturated heterocycles. The monoisotopic (exact) mass is 343 g/mol. The summed E-state index contributed by atoms with van der Waals surface area (Å²) in [6.45, 7) is 0. The molecule has 3 aromatic rings. The zero-order chi connectivity index (χ0) is 17.3. The summed E-state index contributed by atoms with van der Waals surface area (Å²) in [6.07, 6.45) is 1.41. The number of sulfonamides is 1. The second-order valence-electron chi connectivity index (χ2n) is 5.05. The maximum atomic E-state index is 12.9. The maximum Gasteiger partial charge on any atom is 0.278 e. The molecule has 3 rings (SSSR count). The van der Waals surface area contributed by atoms with Gasteiger partial charge in [-0.2, -0.15) is 0 Å². The van der Waals surface area contributed by atoms with Crippen LogP contribution in [0, 0.1) is 10.1 Å². The van der Waals surface area contributed by atoms with E-state index in [1.807, 2.05) is 0 Å². The first-order valence-corrected chi connectivity index (χ1v) is 8.43. The summed E-state index contributed by atoms with van der Waals surface area (Å²) in [6, 6.07) is 14.0. The minimum Gasteiger partial charge on any atom is -0.269 e. The Bertz CT molecular complexity index is 1020. The number of hydrogen-bond donors (Lipinski definition) is 0. The van der Waals surface area contributed by atoms with Crippen molar-refractivity contribution in [2.45, 2.75) is 4.90 Å². The van der Waals surface area contributed by atoms with E-state index >= 15 is 0 Å². The van der Waals surface area contributed by atoms with Gasteiger partial charge < -0.3 is 0 Å². The average molecular weight is 343 g/mol. The molecular weight excluding hydrogens is 330 g/mol. The predicted molar refractivity (Wildman–Crippen MR) is 90.4 cm³/mol. The zero-order valence-electron chi connectivity index (χ0n) is 12.7. The summed E-state index contributed by atoms with van der Waals surface area (Å²) < 4.78 is 27.0. The van der Waals surface area contributed by atoms with Crippen LogP contribution in [0.2, 0.25) is 0 Å². The molecule has 0 atom stereocenters. The van der Waals surface area contributed by atoms with Crippen LogP contribution < -0.4 is 4.31 Å². The van der Waals surface area contributed by atoms with Gasteiger partial charge in [0, 0.05) is 19.3 Å². The molecule has 7 nitrogen and oxygen atoms in total. The molecule has 0 aliphatic rings. The van der Waals surface area contributed by atoms with Crippen LogP contribution in [-0.4, -0.2) is 25.4 Å². The van der Waals surface area contributed by atoms with Gasteiger partial charge in [-0.1, -0.05) is 18.2 Å². The minimum absolute atomic E-state index is 0.0740. The molecule has 0 spiro atoms. The van der Waals surface area contributed by atoms with Crippen molar-refractivity contribution < 1.29 is 13.3 Å². The van der Waals surface area contributed by atoms with Crippen LogP contribution in [0.25, 0.3) is 10.9 Å². The fourth-order valence-electron chi connectivity index (χ4n) is 2.42. The number of pyridine rings is 1. The Kier molecular flexibility index (Phi) is 3.90. The fraction of sp³-hybridized carbons (Fsp3) is 0.0625. The van der Waals surface area contributed by atoms with Gasteiger partial charge in [0.15, 0.2) is 0 Å². The first-order valence-electron chi connectivity index (χ1n) is 6.99. The van der Waals surface area contributed by atoms with Crippen LogP contribution in [0.3, 0.4) is 0 Å². The Morgan fingerprint density at radius 3 is 2.42 bits per heavy atom. The molecule has 0 N–H and O–H groups in total. The zero-order valence-corrected chi connectivity index (χ0v) is 13.5. The van der Waals surface area contributed by atoms with Gasteiger partial charge in [-0.25, -0.2) is 8.42 Å². The number of nitrogens with zero attached hydrogens (tertiary/aromatic N) is 3. The van der Waals surface area contributed by atoms with Crippen molar-refractivity contribution >= 4 is 32.3 Å². The number of benzene rings is 2. The second kappa shape index (κ2) is 5.89. The third kappa shape index (κ3) is 2.56. The van der Waals surface area contributed by atoms with E-state index in [-0.39, 0.29) is 21.5 Å². The smallest absolute Gasteiger partial charge is 0.269 e. The number of aromatic nitrogens is 1. The molecule has 0 fully saturated rings. The van der Waals surface area contributed by atoms with E-state index in [0.717, 1.165) is 4.31 Å². The normalized spacial score (nSPS) is 11.4. The Labute approximate surface area is 138 Å². The maximum absolute atomic E-state index is 12.9. The predicted octanol–water partition coefficient (Wildman–Crippen LogP) is 2.97. The van der Waals surface area contributed by atoms with Crippen LogP contribution in [0.4, 0.5) is 11.4 Å². The summed E-state index contributed by atoms with van der Waals surface area (Å²) >= 11 is 0. The molecule has 8 heteroatoms. The number of nitro groups is 1. The molecule has 0 amide bonds. The van der Waals surface area contributed by atoms with E-state index in [2.05, 4.69) is 4.98 Å². The Morgan fingerprint density at radius 2 is 1.75 bits per heavy atom. The van der Waals surface area contributed by atoms with Crippen LogP contribution >= 0.6 is 0 Å². The topological polar surface area (TPSA) is 93.4 Å². The van der Waals surface area contributed by atoms with Crippen molar-refractivity contribution in [1.29, 1.82) is 0 Å². The van der Waals surface area contributed by atoms with Gasteiger partial charge in [0.2, 0.25) is 0 Å². The standard InChI is InChI=1S/C16H13N3O4S/c1-18(12-6-3-2-4-7-12)24(22,23)15-10-9-14(19(20)21)13-8-5-11-17-16(13)15/h2-11H,1H3. The number of rotatable bonds is 4. The van der Waals surface area contributed by atoms with E-state index in [4.69, 9.17) is 0 Å². The molecule has 0 aliphatic heterocycles. The molecule has 0 unspecified atom stereocenters. The highest BCUT2D eigenvalue weighted by molar-refractivity contribution is 7.93. The highest BCUT2D eigenvalue weighted by Gasteiger charge is 2.27.